The molecule has 0 bridgehead atoms. The Bertz CT molecular complexity index is 309. The van der Waals surface area contributed by atoms with Crippen molar-refractivity contribution in [2.45, 2.75) is 24.8 Å². The molecule has 1 N–H and O–H groups in total. The largest absolute Gasteiger partial charge is 0.343 e. The fraction of sp³-hybridized carbons (Fsp3) is 0.929. The third kappa shape index (κ3) is 3.46. The van der Waals surface area contributed by atoms with Crippen LogP contribution in [0.2, 0.25) is 0 Å². The molecule has 110 valence electrons. The molecule has 1 saturated heterocycles. The SMILES string of the molecule is CN(CC1(N(C)C)CCC1)C(=O)CN1CCNCC1. The molecule has 5 nitrogen and oxygen atoms in total. The quantitative estimate of drug-likeness (QED) is 0.752. The van der Waals surface area contributed by atoms with Gasteiger partial charge < -0.3 is 15.1 Å². The van der Waals surface area contributed by atoms with Crippen molar-refractivity contribution in [2.75, 3.05) is 60.4 Å². The number of nitrogens with one attached hydrogen (secondary N) is 1. The molecule has 1 saturated carbocycles. The number of carbonyl (C=O) groups is 1. The minimum Gasteiger partial charge on any atom is -0.343 e. The van der Waals surface area contributed by atoms with Gasteiger partial charge in [-0.3, -0.25) is 9.69 Å². The Morgan fingerprint density at radius 1 is 1.21 bits per heavy atom. The minimum absolute atomic E-state index is 0.230. The zero-order valence-electron chi connectivity index (χ0n) is 12.6. The van der Waals surface area contributed by atoms with Gasteiger partial charge in [-0.15, -0.1) is 0 Å². The van der Waals surface area contributed by atoms with Crippen LogP contribution in [-0.4, -0.2) is 86.6 Å². The average Bonchev–Trinajstić information content (AvgIpc) is 2.34. The summed E-state index contributed by atoms with van der Waals surface area (Å²) in [5.41, 5.74) is 0.230. The normalized spacial score (nSPS) is 23.2. The van der Waals surface area contributed by atoms with E-state index in [1.807, 2.05) is 11.9 Å². The van der Waals surface area contributed by atoms with Crippen LogP contribution in [0.5, 0.6) is 0 Å². The predicted molar refractivity (Wildman–Crippen MR) is 77.2 cm³/mol. The van der Waals surface area contributed by atoms with Crippen molar-refractivity contribution in [3.05, 3.63) is 0 Å². The van der Waals surface area contributed by atoms with Crippen LogP contribution in [0.4, 0.5) is 0 Å². The van der Waals surface area contributed by atoms with Crippen LogP contribution in [0.15, 0.2) is 0 Å². The highest BCUT2D eigenvalue weighted by Crippen LogP contribution is 2.36. The molecule has 2 rings (SSSR count). The van der Waals surface area contributed by atoms with E-state index < -0.39 is 0 Å². The highest BCUT2D eigenvalue weighted by atomic mass is 16.2. The van der Waals surface area contributed by atoms with Crippen molar-refractivity contribution < 1.29 is 4.79 Å². The molecule has 0 aromatic carbocycles. The summed E-state index contributed by atoms with van der Waals surface area (Å²) in [5, 5.41) is 3.32. The number of piperazine rings is 1. The van der Waals surface area contributed by atoms with Gasteiger partial charge in [0.2, 0.25) is 5.91 Å². The highest BCUT2D eigenvalue weighted by molar-refractivity contribution is 5.78. The van der Waals surface area contributed by atoms with Gasteiger partial charge in [0.05, 0.1) is 6.54 Å². The average molecular weight is 268 g/mol. The summed E-state index contributed by atoms with van der Waals surface area (Å²) in [4.78, 5) is 18.8. The molecule has 19 heavy (non-hydrogen) atoms. The predicted octanol–water partition coefficient (Wildman–Crippen LogP) is -0.166. The monoisotopic (exact) mass is 268 g/mol. The van der Waals surface area contributed by atoms with Crippen molar-refractivity contribution in [1.29, 1.82) is 0 Å². The van der Waals surface area contributed by atoms with Crippen molar-refractivity contribution in [2.24, 2.45) is 0 Å². The molecule has 0 aromatic rings. The molecule has 0 spiro atoms. The number of hydrogen-bond acceptors (Lipinski definition) is 4. The molecule has 1 heterocycles. The van der Waals surface area contributed by atoms with Crippen LogP contribution in [0.3, 0.4) is 0 Å². The Morgan fingerprint density at radius 2 is 1.84 bits per heavy atom. The van der Waals surface area contributed by atoms with Gasteiger partial charge >= 0.3 is 0 Å². The van der Waals surface area contributed by atoms with Gasteiger partial charge in [-0.1, -0.05) is 0 Å². The topological polar surface area (TPSA) is 38.8 Å². The number of nitrogens with zero attached hydrogens (tertiary/aromatic N) is 3. The molecule has 0 aromatic heterocycles. The van der Waals surface area contributed by atoms with Gasteiger partial charge in [-0.05, 0) is 33.4 Å². The Morgan fingerprint density at radius 3 is 2.32 bits per heavy atom. The summed E-state index contributed by atoms with van der Waals surface area (Å²) < 4.78 is 0. The highest BCUT2D eigenvalue weighted by Gasteiger charge is 2.40. The van der Waals surface area contributed by atoms with Gasteiger partial charge in [-0.25, -0.2) is 0 Å². The molecule has 2 aliphatic rings. The van der Waals surface area contributed by atoms with Gasteiger partial charge in [0.1, 0.15) is 0 Å². The zero-order chi connectivity index (χ0) is 13.9. The number of carbonyl (C=O) groups excluding carboxylic acids is 1. The zero-order valence-corrected chi connectivity index (χ0v) is 12.6. The Labute approximate surface area is 116 Å². The number of likely N-dealkylation sites (N-methyl/N-ethyl adjacent to an activating group) is 2. The molecule has 2 fully saturated rings. The smallest absolute Gasteiger partial charge is 0.236 e. The van der Waals surface area contributed by atoms with Gasteiger partial charge in [-0.2, -0.15) is 0 Å². The molecule has 5 heteroatoms. The van der Waals surface area contributed by atoms with Gasteiger partial charge in [0.15, 0.2) is 0 Å². The number of amides is 1. The fourth-order valence-electron chi connectivity index (χ4n) is 3.04. The van der Waals surface area contributed by atoms with E-state index in [0.717, 1.165) is 32.7 Å². The summed E-state index contributed by atoms with van der Waals surface area (Å²) in [6.07, 6.45) is 3.72. The van der Waals surface area contributed by atoms with E-state index in [-0.39, 0.29) is 11.4 Å². The van der Waals surface area contributed by atoms with Crippen molar-refractivity contribution in [1.82, 2.24) is 20.0 Å². The second-order valence-electron chi connectivity index (χ2n) is 6.25. The van der Waals surface area contributed by atoms with E-state index in [4.69, 9.17) is 0 Å². The lowest BCUT2D eigenvalue weighted by atomic mass is 9.75. The fourth-order valence-corrected chi connectivity index (χ4v) is 3.04. The summed E-state index contributed by atoms with van der Waals surface area (Å²) in [7, 11) is 6.22. The molecule has 0 unspecified atom stereocenters. The molecule has 0 radical (unpaired) electrons. The lowest BCUT2D eigenvalue weighted by molar-refractivity contribution is -0.134. The molecule has 1 aliphatic carbocycles. The second kappa shape index (κ2) is 6.20. The van der Waals surface area contributed by atoms with E-state index in [1.54, 1.807) is 0 Å². The maximum Gasteiger partial charge on any atom is 0.236 e. The van der Waals surface area contributed by atoms with Crippen molar-refractivity contribution >= 4 is 5.91 Å². The van der Waals surface area contributed by atoms with E-state index in [1.165, 1.54) is 19.3 Å². The standard InChI is InChI=1S/C14H28N4O/c1-16(2)14(5-4-6-14)12-17(3)13(19)11-18-9-7-15-8-10-18/h15H,4-12H2,1-3H3. The molecular weight excluding hydrogens is 240 g/mol. The van der Waals surface area contributed by atoms with Crippen molar-refractivity contribution in [3.8, 4) is 0 Å². The molecular formula is C14H28N4O. The number of hydrogen-bond donors (Lipinski definition) is 1. The summed E-state index contributed by atoms with van der Waals surface area (Å²) in [5.74, 6) is 0.259. The van der Waals surface area contributed by atoms with E-state index in [9.17, 15) is 4.79 Å². The van der Waals surface area contributed by atoms with Gasteiger partial charge in [0.25, 0.3) is 0 Å². The van der Waals surface area contributed by atoms with E-state index >= 15 is 0 Å². The lowest BCUT2D eigenvalue weighted by Crippen LogP contribution is -2.58. The van der Waals surface area contributed by atoms with Crippen LogP contribution in [0.25, 0.3) is 0 Å². The Kier molecular flexibility index (Phi) is 4.81. The number of rotatable bonds is 5. The first kappa shape index (κ1) is 14.8. The van der Waals surface area contributed by atoms with Crippen LogP contribution in [-0.2, 0) is 4.79 Å². The van der Waals surface area contributed by atoms with Crippen molar-refractivity contribution in [3.63, 3.8) is 0 Å². The van der Waals surface area contributed by atoms with Crippen LogP contribution in [0.1, 0.15) is 19.3 Å². The maximum atomic E-state index is 12.3. The van der Waals surface area contributed by atoms with Crippen LogP contribution >= 0.6 is 0 Å². The third-order valence-electron chi connectivity index (χ3n) is 4.76. The van der Waals surface area contributed by atoms with Crippen LogP contribution in [0, 0.1) is 0 Å². The summed E-state index contributed by atoms with van der Waals surface area (Å²) in [6.45, 7) is 5.40. The first-order valence-electron chi connectivity index (χ1n) is 7.38. The van der Waals surface area contributed by atoms with E-state index in [0.29, 0.717) is 6.54 Å². The lowest BCUT2D eigenvalue weighted by Gasteiger charge is -2.49. The van der Waals surface area contributed by atoms with Crippen LogP contribution < -0.4 is 5.32 Å². The minimum atomic E-state index is 0.230. The first-order chi connectivity index (χ1) is 9.03. The maximum absolute atomic E-state index is 12.3. The molecule has 1 aliphatic heterocycles. The summed E-state index contributed by atoms with van der Waals surface area (Å²) in [6, 6.07) is 0. The summed E-state index contributed by atoms with van der Waals surface area (Å²) >= 11 is 0. The van der Waals surface area contributed by atoms with E-state index in [2.05, 4.69) is 29.2 Å². The Balaban J connectivity index is 1.81. The molecule has 0 atom stereocenters. The third-order valence-corrected chi connectivity index (χ3v) is 4.76. The Hall–Kier alpha value is -0.650. The second-order valence-corrected chi connectivity index (χ2v) is 6.25. The van der Waals surface area contributed by atoms with Gasteiger partial charge in [0, 0.05) is 45.3 Å². The molecule has 1 amide bonds. The first-order valence-corrected chi connectivity index (χ1v) is 7.38.